The number of benzene rings is 1. The maximum absolute atomic E-state index is 12.8. The first kappa shape index (κ1) is 16.1. The molecule has 0 bridgehead atoms. The molecule has 2 N–H and O–H groups in total. The van der Waals surface area contributed by atoms with Crippen molar-refractivity contribution in [2.45, 2.75) is 19.3 Å². The number of nitrogens with zero attached hydrogens (tertiary/aromatic N) is 1. The van der Waals surface area contributed by atoms with Crippen LogP contribution in [0.3, 0.4) is 0 Å². The largest absolute Gasteiger partial charge is 0.492 e. The summed E-state index contributed by atoms with van der Waals surface area (Å²) in [4.78, 5) is 14.2. The van der Waals surface area contributed by atoms with Gasteiger partial charge < -0.3 is 20.3 Å². The molecule has 0 saturated carbocycles. The van der Waals surface area contributed by atoms with E-state index in [-0.39, 0.29) is 17.3 Å². The van der Waals surface area contributed by atoms with Crippen molar-refractivity contribution in [1.29, 1.82) is 0 Å². The minimum Gasteiger partial charge on any atom is -0.492 e. The Morgan fingerprint density at radius 1 is 1.35 bits per heavy atom. The number of amides is 2. The van der Waals surface area contributed by atoms with Crippen molar-refractivity contribution >= 4 is 6.03 Å². The third-order valence-electron chi connectivity index (χ3n) is 4.74. The average molecular weight is 321 g/mol. The summed E-state index contributed by atoms with van der Waals surface area (Å²) in [5.74, 6) is 0.320. The lowest BCUT2D eigenvalue weighted by molar-refractivity contribution is 0.117. The van der Waals surface area contributed by atoms with Crippen molar-refractivity contribution in [2.75, 3.05) is 39.3 Å². The van der Waals surface area contributed by atoms with Gasteiger partial charge in [-0.25, -0.2) is 9.18 Å². The van der Waals surface area contributed by atoms with Gasteiger partial charge in [-0.15, -0.1) is 0 Å². The van der Waals surface area contributed by atoms with E-state index in [1.807, 2.05) is 4.90 Å². The van der Waals surface area contributed by atoms with Crippen LogP contribution in [-0.4, -0.2) is 50.3 Å². The number of urea groups is 1. The van der Waals surface area contributed by atoms with Crippen LogP contribution >= 0.6 is 0 Å². The van der Waals surface area contributed by atoms with Gasteiger partial charge in [0.15, 0.2) is 0 Å². The first-order valence-corrected chi connectivity index (χ1v) is 8.29. The fourth-order valence-corrected chi connectivity index (χ4v) is 3.49. The van der Waals surface area contributed by atoms with Gasteiger partial charge in [0, 0.05) is 25.0 Å². The normalized spacial score (nSPS) is 24.0. The zero-order valence-electron chi connectivity index (χ0n) is 13.3. The second-order valence-corrected chi connectivity index (χ2v) is 6.49. The van der Waals surface area contributed by atoms with Gasteiger partial charge in [0.05, 0.1) is 6.54 Å². The maximum atomic E-state index is 12.8. The Morgan fingerprint density at radius 2 is 2.17 bits per heavy atom. The van der Waals surface area contributed by atoms with Crippen molar-refractivity contribution in [2.24, 2.45) is 5.41 Å². The highest BCUT2D eigenvalue weighted by atomic mass is 19.1. The molecular weight excluding hydrogens is 297 g/mol. The summed E-state index contributed by atoms with van der Waals surface area (Å²) >= 11 is 0. The van der Waals surface area contributed by atoms with Crippen LogP contribution in [0.1, 0.15) is 19.3 Å². The zero-order valence-corrected chi connectivity index (χ0v) is 13.3. The third kappa shape index (κ3) is 4.13. The van der Waals surface area contributed by atoms with E-state index in [1.165, 1.54) is 18.6 Å². The van der Waals surface area contributed by atoms with Crippen LogP contribution in [0.4, 0.5) is 9.18 Å². The Labute approximate surface area is 136 Å². The molecule has 23 heavy (non-hydrogen) atoms. The molecule has 1 aromatic rings. The van der Waals surface area contributed by atoms with Crippen LogP contribution in [-0.2, 0) is 0 Å². The van der Waals surface area contributed by atoms with Crippen molar-refractivity contribution in [3.63, 3.8) is 0 Å². The summed E-state index contributed by atoms with van der Waals surface area (Å²) in [6, 6.07) is 5.86. The summed E-state index contributed by atoms with van der Waals surface area (Å²) in [5.41, 5.74) is 0.278. The van der Waals surface area contributed by atoms with Crippen LogP contribution in [0, 0.1) is 11.2 Å². The molecule has 2 saturated heterocycles. The van der Waals surface area contributed by atoms with E-state index in [0.29, 0.717) is 18.9 Å². The summed E-state index contributed by atoms with van der Waals surface area (Å²) in [5, 5.41) is 6.32. The van der Waals surface area contributed by atoms with Crippen molar-refractivity contribution in [3.8, 4) is 5.75 Å². The molecule has 126 valence electrons. The third-order valence-corrected chi connectivity index (χ3v) is 4.74. The molecule has 2 aliphatic rings. The van der Waals surface area contributed by atoms with Gasteiger partial charge >= 0.3 is 6.03 Å². The Balaban J connectivity index is 1.39. The van der Waals surface area contributed by atoms with Crippen molar-refractivity contribution in [3.05, 3.63) is 30.1 Å². The van der Waals surface area contributed by atoms with Gasteiger partial charge in [-0.2, -0.15) is 0 Å². The maximum Gasteiger partial charge on any atom is 0.317 e. The first-order chi connectivity index (χ1) is 11.2. The van der Waals surface area contributed by atoms with E-state index >= 15 is 0 Å². The number of carbonyl (C=O) groups excluding carboxylic acids is 1. The molecule has 2 amide bonds. The Hall–Kier alpha value is -1.82. The second kappa shape index (κ2) is 7.17. The second-order valence-electron chi connectivity index (χ2n) is 6.49. The molecule has 5 nitrogen and oxygen atoms in total. The number of likely N-dealkylation sites (tertiary alicyclic amines) is 1. The number of carbonyl (C=O) groups is 1. The minimum absolute atomic E-state index is 0.0151. The van der Waals surface area contributed by atoms with E-state index in [1.54, 1.807) is 12.1 Å². The highest BCUT2D eigenvalue weighted by molar-refractivity contribution is 5.74. The Kier molecular flexibility index (Phi) is 5.00. The molecule has 1 spiro atoms. The summed E-state index contributed by atoms with van der Waals surface area (Å²) in [6.07, 6.45) is 3.43. The molecule has 0 aliphatic carbocycles. The van der Waals surface area contributed by atoms with Gasteiger partial charge in [-0.1, -0.05) is 0 Å². The number of piperidine rings is 1. The first-order valence-electron chi connectivity index (χ1n) is 8.29. The quantitative estimate of drug-likeness (QED) is 0.834. The number of ether oxygens (including phenoxy) is 1. The van der Waals surface area contributed by atoms with Gasteiger partial charge in [-0.05, 0) is 50.1 Å². The molecule has 0 aromatic heterocycles. The molecule has 2 heterocycles. The van der Waals surface area contributed by atoms with E-state index in [0.717, 1.165) is 39.0 Å². The van der Waals surface area contributed by atoms with Crippen molar-refractivity contribution < 1.29 is 13.9 Å². The molecule has 6 heteroatoms. The molecule has 0 unspecified atom stereocenters. The number of rotatable bonds is 4. The monoisotopic (exact) mass is 321 g/mol. The van der Waals surface area contributed by atoms with Crippen molar-refractivity contribution in [1.82, 2.24) is 15.5 Å². The molecule has 2 aliphatic heterocycles. The highest BCUT2D eigenvalue weighted by Crippen LogP contribution is 2.35. The van der Waals surface area contributed by atoms with Crippen LogP contribution in [0.2, 0.25) is 0 Å². The number of hydrogen-bond acceptors (Lipinski definition) is 3. The Morgan fingerprint density at radius 3 is 2.91 bits per heavy atom. The molecule has 2 fully saturated rings. The van der Waals surface area contributed by atoms with Gasteiger partial charge in [0.2, 0.25) is 0 Å². The van der Waals surface area contributed by atoms with E-state index in [9.17, 15) is 9.18 Å². The molecule has 3 rings (SSSR count). The minimum atomic E-state index is -0.286. The lowest BCUT2D eigenvalue weighted by Crippen LogP contribution is -2.51. The summed E-state index contributed by atoms with van der Waals surface area (Å²) in [7, 11) is 0. The van der Waals surface area contributed by atoms with Crippen LogP contribution in [0.15, 0.2) is 24.3 Å². The standard InChI is InChI=1S/C17H24FN3O2/c18-14-2-4-15(5-3-14)23-11-9-20-16(22)21-10-1-6-17(13-21)7-8-19-12-17/h2-5,19H,1,6-13H2,(H,20,22)/t17-/m0/s1. The van der Waals surface area contributed by atoms with E-state index in [2.05, 4.69) is 10.6 Å². The van der Waals surface area contributed by atoms with E-state index < -0.39 is 0 Å². The average Bonchev–Trinajstić information content (AvgIpc) is 3.00. The lowest BCUT2D eigenvalue weighted by atomic mass is 9.79. The molecule has 0 radical (unpaired) electrons. The fraction of sp³-hybridized carbons (Fsp3) is 0.588. The number of halogens is 1. The topological polar surface area (TPSA) is 53.6 Å². The van der Waals surface area contributed by atoms with E-state index in [4.69, 9.17) is 4.74 Å². The molecule has 1 aromatic carbocycles. The number of hydrogen-bond donors (Lipinski definition) is 2. The van der Waals surface area contributed by atoms with Gasteiger partial charge in [0.1, 0.15) is 18.2 Å². The van der Waals surface area contributed by atoms with Gasteiger partial charge in [0.25, 0.3) is 0 Å². The smallest absolute Gasteiger partial charge is 0.317 e. The summed E-state index contributed by atoms with van der Waals surface area (Å²) in [6.45, 7) is 4.55. The van der Waals surface area contributed by atoms with Gasteiger partial charge in [-0.3, -0.25) is 0 Å². The van der Waals surface area contributed by atoms with Crippen LogP contribution in [0.25, 0.3) is 0 Å². The zero-order chi connectivity index (χ0) is 16.1. The predicted octanol–water partition coefficient (Wildman–Crippen LogP) is 1.99. The summed E-state index contributed by atoms with van der Waals surface area (Å²) < 4.78 is 18.3. The van der Waals surface area contributed by atoms with Crippen LogP contribution in [0.5, 0.6) is 5.75 Å². The molecular formula is C17H24FN3O2. The number of nitrogens with one attached hydrogen (secondary N) is 2. The molecule has 1 atom stereocenters. The SMILES string of the molecule is O=C(NCCOc1ccc(F)cc1)N1CCC[C@@]2(CCNC2)C1. The van der Waals surface area contributed by atoms with Crippen LogP contribution < -0.4 is 15.4 Å². The highest BCUT2D eigenvalue weighted by Gasteiger charge is 2.39. The fourth-order valence-electron chi connectivity index (χ4n) is 3.49. The Bertz CT molecular complexity index is 529. The lowest BCUT2D eigenvalue weighted by Gasteiger charge is -2.39. The predicted molar refractivity (Wildman–Crippen MR) is 86.0 cm³/mol.